The number of anilines is 1. The number of para-hydroxylation sites is 1. The fraction of sp³-hybridized carbons (Fsp3) is 0.160. The van der Waals surface area contributed by atoms with E-state index in [1.807, 2.05) is 66.7 Å². The van der Waals surface area contributed by atoms with Gasteiger partial charge in [-0.25, -0.2) is 0 Å². The maximum absolute atomic E-state index is 12.4. The molecule has 0 saturated heterocycles. The van der Waals surface area contributed by atoms with Gasteiger partial charge in [-0.2, -0.15) is 4.98 Å². The van der Waals surface area contributed by atoms with E-state index < -0.39 is 0 Å². The number of ether oxygens (including phenoxy) is 1. The van der Waals surface area contributed by atoms with Gasteiger partial charge in [0.25, 0.3) is 11.8 Å². The van der Waals surface area contributed by atoms with Crippen molar-refractivity contribution in [2.75, 3.05) is 11.9 Å². The van der Waals surface area contributed by atoms with E-state index in [9.17, 15) is 4.79 Å². The standard InChI is InChI=1S/C25H23N3O3/c1-17(2)21-13-6-7-14-22(21)26-23(29)16-30-20-12-8-11-19(15-20)25-27-24(28-31-25)18-9-4-3-5-10-18/h3-15,17H,16H2,1-2H3,(H,26,29). The molecule has 0 aliphatic heterocycles. The molecule has 0 spiro atoms. The first-order valence-electron chi connectivity index (χ1n) is 10.1. The summed E-state index contributed by atoms with van der Waals surface area (Å²) in [5.74, 6) is 1.54. The number of nitrogens with zero attached hydrogens (tertiary/aromatic N) is 2. The molecule has 4 rings (SSSR count). The third-order valence-corrected chi connectivity index (χ3v) is 4.77. The minimum Gasteiger partial charge on any atom is -0.484 e. The maximum Gasteiger partial charge on any atom is 0.262 e. The Labute approximate surface area is 180 Å². The predicted molar refractivity (Wildman–Crippen MR) is 120 cm³/mol. The van der Waals surface area contributed by atoms with Crippen molar-refractivity contribution in [2.45, 2.75) is 19.8 Å². The Morgan fingerprint density at radius 1 is 0.968 bits per heavy atom. The molecule has 0 aliphatic rings. The van der Waals surface area contributed by atoms with Gasteiger partial charge in [0.15, 0.2) is 6.61 Å². The Morgan fingerprint density at radius 2 is 1.71 bits per heavy atom. The lowest BCUT2D eigenvalue weighted by atomic mass is 10.0. The van der Waals surface area contributed by atoms with Crippen LogP contribution in [0.4, 0.5) is 5.69 Å². The molecule has 4 aromatic rings. The number of rotatable bonds is 7. The Morgan fingerprint density at radius 3 is 2.52 bits per heavy atom. The van der Waals surface area contributed by atoms with Gasteiger partial charge in [-0.1, -0.05) is 73.6 Å². The highest BCUT2D eigenvalue weighted by Gasteiger charge is 2.13. The Kier molecular flexibility index (Phi) is 6.08. The molecule has 1 amide bonds. The van der Waals surface area contributed by atoms with E-state index >= 15 is 0 Å². The molecule has 1 heterocycles. The van der Waals surface area contributed by atoms with Gasteiger partial charge in [0.2, 0.25) is 5.82 Å². The molecule has 1 aromatic heterocycles. The summed E-state index contributed by atoms with van der Waals surface area (Å²) in [7, 11) is 0. The van der Waals surface area contributed by atoms with E-state index in [0.29, 0.717) is 23.4 Å². The monoisotopic (exact) mass is 413 g/mol. The second kappa shape index (κ2) is 9.26. The summed E-state index contributed by atoms with van der Waals surface area (Å²) < 4.78 is 11.1. The minimum atomic E-state index is -0.220. The summed E-state index contributed by atoms with van der Waals surface area (Å²) in [4.78, 5) is 16.9. The summed E-state index contributed by atoms with van der Waals surface area (Å²) in [6, 6.07) is 24.6. The molecule has 0 atom stereocenters. The van der Waals surface area contributed by atoms with Gasteiger partial charge in [0.05, 0.1) is 0 Å². The predicted octanol–water partition coefficient (Wildman–Crippen LogP) is 5.54. The largest absolute Gasteiger partial charge is 0.484 e. The van der Waals surface area contributed by atoms with Crippen LogP contribution in [0.25, 0.3) is 22.8 Å². The molecule has 0 unspecified atom stereocenters. The zero-order valence-electron chi connectivity index (χ0n) is 17.4. The van der Waals surface area contributed by atoms with Crippen LogP contribution in [0.5, 0.6) is 5.75 Å². The van der Waals surface area contributed by atoms with Crippen molar-refractivity contribution in [1.29, 1.82) is 0 Å². The fourth-order valence-corrected chi connectivity index (χ4v) is 3.21. The van der Waals surface area contributed by atoms with Crippen LogP contribution in [0, 0.1) is 0 Å². The highest BCUT2D eigenvalue weighted by Crippen LogP contribution is 2.26. The lowest BCUT2D eigenvalue weighted by Gasteiger charge is -2.14. The van der Waals surface area contributed by atoms with Crippen LogP contribution in [0.2, 0.25) is 0 Å². The first kappa shape index (κ1) is 20.3. The maximum atomic E-state index is 12.4. The third-order valence-electron chi connectivity index (χ3n) is 4.77. The van der Waals surface area contributed by atoms with Gasteiger partial charge in [0, 0.05) is 16.8 Å². The van der Waals surface area contributed by atoms with E-state index in [2.05, 4.69) is 29.3 Å². The van der Waals surface area contributed by atoms with E-state index in [-0.39, 0.29) is 12.5 Å². The second-order valence-corrected chi connectivity index (χ2v) is 7.40. The summed E-state index contributed by atoms with van der Waals surface area (Å²) in [6.45, 7) is 4.08. The molecule has 0 radical (unpaired) electrons. The summed E-state index contributed by atoms with van der Waals surface area (Å²) >= 11 is 0. The van der Waals surface area contributed by atoms with E-state index in [1.54, 1.807) is 12.1 Å². The van der Waals surface area contributed by atoms with Crippen LogP contribution in [-0.4, -0.2) is 22.7 Å². The average molecular weight is 413 g/mol. The number of benzene rings is 3. The molecule has 31 heavy (non-hydrogen) atoms. The Bertz CT molecular complexity index is 1170. The summed E-state index contributed by atoms with van der Waals surface area (Å²) in [6.07, 6.45) is 0. The minimum absolute atomic E-state index is 0.102. The van der Waals surface area contributed by atoms with Gasteiger partial charge >= 0.3 is 0 Å². The van der Waals surface area contributed by atoms with Gasteiger partial charge in [0.1, 0.15) is 5.75 Å². The molecule has 1 N–H and O–H groups in total. The van der Waals surface area contributed by atoms with Crippen molar-refractivity contribution in [2.24, 2.45) is 0 Å². The molecule has 0 bridgehead atoms. The van der Waals surface area contributed by atoms with Gasteiger partial charge in [-0.3, -0.25) is 4.79 Å². The van der Waals surface area contributed by atoms with Crippen LogP contribution in [-0.2, 0) is 4.79 Å². The quantitative estimate of drug-likeness (QED) is 0.430. The van der Waals surface area contributed by atoms with Crippen LogP contribution in [0.1, 0.15) is 25.3 Å². The van der Waals surface area contributed by atoms with Crippen molar-refractivity contribution in [3.63, 3.8) is 0 Å². The van der Waals surface area contributed by atoms with E-state index in [4.69, 9.17) is 9.26 Å². The Balaban J connectivity index is 1.42. The van der Waals surface area contributed by atoms with Crippen molar-refractivity contribution < 1.29 is 14.1 Å². The van der Waals surface area contributed by atoms with Crippen LogP contribution < -0.4 is 10.1 Å². The number of aromatic nitrogens is 2. The second-order valence-electron chi connectivity index (χ2n) is 7.40. The number of carbonyl (C=O) groups is 1. The van der Waals surface area contributed by atoms with Crippen molar-refractivity contribution in [1.82, 2.24) is 10.1 Å². The van der Waals surface area contributed by atoms with Gasteiger partial charge < -0.3 is 14.6 Å². The number of carbonyl (C=O) groups excluding carboxylic acids is 1. The number of nitrogens with one attached hydrogen (secondary N) is 1. The molecule has 6 heteroatoms. The summed E-state index contributed by atoms with van der Waals surface area (Å²) in [5.41, 5.74) is 3.49. The van der Waals surface area contributed by atoms with Crippen molar-refractivity contribution in [3.05, 3.63) is 84.4 Å². The van der Waals surface area contributed by atoms with E-state index in [0.717, 1.165) is 22.4 Å². The summed E-state index contributed by atoms with van der Waals surface area (Å²) in [5, 5.41) is 6.97. The number of hydrogen-bond acceptors (Lipinski definition) is 5. The topological polar surface area (TPSA) is 77.2 Å². The molecule has 3 aromatic carbocycles. The SMILES string of the molecule is CC(C)c1ccccc1NC(=O)COc1cccc(-c2nc(-c3ccccc3)no2)c1. The van der Waals surface area contributed by atoms with Crippen LogP contribution >= 0.6 is 0 Å². The zero-order valence-corrected chi connectivity index (χ0v) is 17.4. The van der Waals surface area contributed by atoms with Crippen molar-refractivity contribution in [3.8, 4) is 28.6 Å². The van der Waals surface area contributed by atoms with Gasteiger partial charge in [-0.05, 0) is 35.7 Å². The molecular formula is C25H23N3O3. The highest BCUT2D eigenvalue weighted by molar-refractivity contribution is 5.92. The molecule has 156 valence electrons. The van der Waals surface area contributed by atoms with Crippen LogP contribution in [0.3, 0.4) is 0 Å². The van der Waals surface area contributed by atoms with Crippen LogP contribution in [0.15, 0.2) is 83.4 Å². The fourth-order valence-electron chi connectivity index (χ4n) is 3.21. The third kappa shape index (κ3) is 4.98. The Hall–Kier alpha value is -3.93. The molecule has 6 nitrogen and oxygen atoms in total. The number of amides is 1. The lowest BCUT2D eigenvalue weighted by molar-refractivity contribution is -0.118. The van der Waals surface area contributed by atoms with Gasteiger partial charge in [-0.15, -0.1) is 0 Å². The normalized spacial score (nSPS) is 10.8. The highest BCUT2D eigenvalue weighted by atomic mass is 16.5. The molecule has 0 saturated carbocycles. The van der Waals surface area contributed by atoms with E-state index in [1.165, 1.54) is 0 Å². The number of hydrogen-bond donors (Lipinski definition) is 1. The molecule has 0 fully saturated rings. The first-order chi connectivity index (χ1) is 15.1. The smallest absolute Gasteiger partial charge is 0.262 e. The first-order valence-corrected chi connectivity index (χ1v) is 10.1. The average Bonchev–Trinajstić information content (AvgIpc) is 3.29. The zero-order chi connectivity index (χ0) is 21.6. The molecule has 0 aliphatic carbocycles. The lowest BCUT2D eigenvalue weighted by Crippen LogP contribution is -2.21. The van der Waals surface area contributed by atoms with Crippen molar-refractivity contribution >= 4 is 11.6 Å². The molecular weight excluding hydrogens is 390 g/mol.